The van der Waals surface area contributed by atoms with Gasteiger partial charge >= 0.3 is 5.97 Å². The number of hydrogen-bond donors (Lipinski definition) is 3. The number of nitrogens with one attached hydrogen (secondary N) is 2. The third-order valence-electron chi connectivity index (χ3n) is 3.72. The number of fused-ring (bicyclic) bond motifs is 1. The molecule has 0 bridgehead atoms. The van der Waals surface area contributed by atoms with Crippen LogP contribution in [0.1, 0.15) is 38.2 Å². The van der Waals surface area contributed by atoms with Gasteiger partial charge in [0, 0.05) is 12.2 Å². The van der Waals surface area contributed by atoms with E-state index in [0.29, 0.717) is 12.8 Å². The van der Waals surface area contributed by atoms with E-state index in [-0.39, 0.29) is 17.7 Å². The first-order valence-electron chi connectivity index (χ1n) is 7.35. The van der Waals surface area contributed by atoms with Crippen LogP contribution < -0.4 is 10.6 Å². The Morgan fingerprint density at radius 3 is 2.76 bits per heavy atom. The van der Waals surface area contributed by atoms with Crippen LogP contribution in [-0.4, -0.2) is 29.6 Å². The van der Waals surface area contributed by atoms with Gasteiger partial charge in [0.25, 0.3) is 0 Å². The number of benzene rings is 1. The van der Waals surface area contributed by atoms with Gasteiger partial charge in [-0.15, -0.1) is 0 Å². The van der Waals surface area contributed by atoms with Gasteiger partial charge in [-0.1, -0.05) is 32.0 Å². The molecule has 2 unspecified atom stereocenters. The fraction of sp³-hybridized carbons (Fsp3) is 0.500. The lowest BCUT2D eigenvalue weighted by Gasteiger charge is -2.27. The molecule has 114 valence electrons. The maximum Gasteiger partial charge on any atom is 0.326 e. The third kappa shape index (κ3) is 3.74. The molecule has 1 amide bonds. The first-order valence-corrected chi connectivity index (χ1v) is 7.35. The lowest BCUT2D eigenvalue weighted by atomic mass is 9.89. The van der Waals surface area contributed by atoms with Crippen LogP contribution in [0, 0.1) is 5.92 Å². The first kappa shape index (κ1) is 15.4. The smallest absolute Gasteiger partial charge is 0.326 e. The Morgan fingerprint density at radius 1 is 1.38 bits per heavy atom. The van der Waals surface area contributed by atoms with Crippen LogP contribution in [0.3, 0.4) is 0 Å². The highest BCUT2D eigenvalue weighted by Crippen LogP contribution is 2.31. The van der Waals surface area contributed by atoms with E-state index in [1.165, 1.54) is 0 Å². The second-order valence-corrected chi connectivity index (χ2v) is 5.88. The number of para-hydroxylation sites is 1. The van der Waals surface area contributed by atoms with Crippen LogP contribution in [0.25, 0.3) is 0 Å². The minimum Gasteiger partial charge on any atom is -0.480 e. The van der Waals surface area contributed by atoms with Gasteiger partial charge in [0.1, 0.15) is 6.04 Å². The molecule has 1 aliphatic rings. The van der Waals surface area contributed by atoms with Crippen molar-refractivity contribution in [1.82, 2.24) is 5.32 Å². The minimum absolute atomic E-state index is 0.197. The number of carboxylic acids is 1. The summed E-state index contributed by atoms with van der Waals surface area (Å²) in [6.07, 6.45) is 1.12. The van der Waals surface area contributed by atoms with E-state index < -0.39 is 12.0 Å². The van der Waals surface area contributed by atoms with Gasteiger partial charge in [0.15, 0.2) is 0 Å². The molecule has 0 saturated heterocycles. The molecule has 0 aromatic heterocycles. The van der Waals surface area contributed by atoms with E-state index in [1.54, 1.807) is 0 Å². The Balaban J connectivity index is 2.12. The van der Waals surface area contributed by atoms with Crippen molar-refractivity contribution in [2.75, 3.05) is 11.9 Å². The van der Waals surface area contributed by atoms with Crippen LogP contribution in [-0.2, 0) is 9.59 Å². The van der Waals surface area contributed by atoms with Crippen LogP contribution in [0.2, 0.25) is 0 Å². The number of carbonyl (C=O) groups is 2. The zero-order valence-electron chi connectivity index (χ0n) is 12.4. The summed E-state index contributed by atoms with van der Waals surface area (Å²) in [6, 6.07) is 6.86. The summed E-state index contributed by atoms with van der Waals surface area (Å²) in [4.78, 5) is 23.7. The van der Waals surface area contributed by atoms with Gasteiger partial charge in [-0.3, -0.25) is 4.79 Å². The maximum atomic E-state index is 12.5. The molecule has 2 rings (SSSR count). The van der Waals surface area contributed by atoms with E-state index in [1.807, 2.05) is 38.1 Å². The highest BCUT2D eigenvalue weighted by molar-refractivity contribution is 5.89. The fourth-order valence-electron chi connectivity index (χ4n) is 2.71. The Kier molecular flexibility index (Phi) is 4.83. The lowest BCUT2D eigenvalue weighted by molar-refractivity contribution is -0.142. The standard InChI is InChI=1S/C16H22N2O3/c1-10(2)9-14(16(20)21)18-15(19)12-7-8-17-13-6-4-3-5-11(12)13/h3-6,10,12,14,17H,7-9H2,1-2H3,(H,18,19)(H,20,21). The predicted octanol–water partition coefficient (Wildman–Crippen LogP) is 2.20. The van der Waals surface area contributed by atoms with Crippen LogP contribution in [0.4, 0.5) is 5.69 Å². The second-order valence-electron chi connectivity index (χ2n) is 5.88. The van der Waals surface area contributed by atoms with Crippen molar-refractivity contribution in [3.05, 3.63) is 29.8 Å². The molecule has 2 atom stereocenters. The number of aliphatic carboxylic acids is 1. The van der Waals surface area contributed by atoms with E-state index in [4.69, 9.17) is 0 Å². The van der Waals surface area contributed by atoms with Crippen LogP contribution in [0.15, 0.2) is 24.3 Å². The topological polar surface area (TPSA) is 78.4 Å². The highest BCUT2D eigenvalue weighted by Gasteiger charge is 2.29. The van der Waals surface area contributed by atoms with Crippen molar-refractivity contribution < 1.29 is 14.7 Å². The zero-order chi connectivity index (χ0) is 15.4. The number of hydrogen-bond acceptors (Lipinski definition) is 3. The molecule has 0 saturated carbocycles. The van der Waals surface area contributed by atoms with Crippen LogP contribution >= 0.6 is 0 Å². The average molecular weight is 290 g/mol. The van der Waals surface area contributed by atoms with Crippen molar-refractivity contribution in [2.45, 2.75) is 38.6 Å². The molecule has 0 fully saturated rings. The fourth-order valence-corrected chi connectivity index (χ4v) is 2.71. The SMILES string of the molecule is CC(C)CC(NC(=O)C1CCNc2ccccc21)C(=O)O. The molecule has 0 aliphatic carbocycles. The molecule has 3 N–H and O–H groups in total. The molecule has 21 heavy (non-hydrogen) atoms. The summed E-state index contributed by atoms with van der Waals surface area (Å²) in [7, 11) is 0. The van der Waals surface area contributed by atoms with E-state index in [9.17, 15) is 14.7 Å². The highest BCUT2D eigenvalue weighted by atomic mass is 16.4. The van der Waals surface area contributed by atoms with Crippen LogP contribution in [0.5, 0.6) is 0 Å². The molecule has 1 heterocycles. The van der Waals surface area contributed by atoms with Crippen molar-refractivity contribution in [3.63, 3.8) is 0 Å². The Labute approximate surface area is 124 Å². The van der Waals surface area contributed by atoms with Gasteiger partial charge in [0.05, 0.1) is 5.92 Å². The summed E-state index contributed by atoms with van der Waals surface area (Å²) in [5.74, 6) is -1.24. The quantitative estimate of drug-likeness (QED) is 0.777. The lowest BCUT2D eigenvalue weighted by Crippen LogP contribution is -2.44. The molecule has 5 heteroatoms. The van der Waals surface area contributed by atoms with Crippen molar-refractivity contribution in [3.8, 4) is 0 Å². The van der Waals surface area contributed by atoms with Crippen molar-refractivity contribution in [1.29, 1.82) is 0 Å². The second kappa shape index (κ2) is 6.61. The number of carbonyl (C=O) groups excluding carboxylic acids is 1. The number of carboxylic acid groups (broad SMARTS) is 1. The predicted molar refractivity (Wildman–Crippen MR) is 81.3 cm³/mol. The molecular weight excluding hydrogens is 268 g/mol. The number of anilines is 1. The molecule has 1 aromatic rings. The van der Waals surface area contributed by atoms with Gasteiger partial charge in [-0.25, -0.2) is 4.79 Å². The maximum absolute atomic E-state index is 12.5. The van der Waals surface area contributed by atoms with Gasteiger partial charge in [-0.05, 0) is 30.4 Å². The summed E-state index contributed by atoms with van der Waals surface area (Å²) in [5, 5.41) is 15.2. The summed E-state index contributed by atoms with van der Waals surface area (Å²) >= 11 is 0. The Morgan fingerprint density at radius 2 is 2.10 bits per heavy atom. The summed E-state index contributed by atoms with van der Waals surface area (Å²) in [5.41, 5.74) is 1.90. The molecule has 5 nitrogen and oxygen atoms in total. The normalized spacial score (nSPS) is 18.5. The Hall–Kier alpha value is -2.04. The molecular formula is C16H22N2O3. The number of amides is 1. The summed E-state index contributed by atoms with van der Waals surface area (Å²) in [6.45, 7) is 4.61. The Bertz CT molecular complexity index is 528. The average Bonchev–Trinajstić information content (AvgIpc) is 2.45. The van der Waals surface area contributed by atoms with E-state index in [0.717, 1.165) is 17.8 Å². The van der Waals surface area contributed by atoms with Gasteiger partial charge in [-0.2, -0.15) is 0 Å². The van der Waals surface area contributed by atoms with Gasteiger partial charge < -0.3 is 15.7 Å². The van der Waals surface area contributed by atoms with Crippen molar-refractivity contribution in [2.24, 2.45) is 5.92 Å². The number of rotatable bonds is 5. The largest absolute Gasteiger partial charge is 0.480 e. The molecule has 0 radical (unpaired) electrons. The summed E-state index contributed by atoms with van der Waals surface area (Å²) < 4.78 is 0. The van der Waals surface area contributed by atoms with E-state index >= 15 is 0 Å². The van der Waals surface area contributed by atoms with E-state index in [2.05, 4.69) is 10.6 Å². The monoisotopic (exact) mass is 290 g/mol. The minimum atomic E-state index is -0.973. The third-order valence-corrected chi connectivity index (χ3v) is 3.72. The molecule has 1 aliphatic heterocycles. The molecule has 0 spiro atoms. The molecule has 1 aromatic carbocycles. The van der Waals surface area contributed by atoms with Gasteiger partial charge in [0.2, 0.25) is 5.91 Å². The zero-order valence-corrected chi connectivity index (χ0v) is 12.4. The first-order chi connectivity index (χ1) is 9.99. The van der Waals surface area contributed by atoms with Crippen molar-refractivity contribution >= 4 is 17.6 Å².